The van der Waals surface area contributed by atoms with E-state index >= 15 is 0 Å². The van der Waals surface area contributed by atoms with Gasteiger partial charge >= 0.3 is 0 Å². The largest absolute Gasteiger partial charge is 0.369 e. The molecule has 2 rings (SSSR count). The van der Waals surface area contributed by atoms with Crippen LogP contribution < -0.4 is 5.32 Å². The second-order valence-electron chi connectivity index (χ2n) is 5.07. The quantitative estimate of drug-likeness (QED) is 0.884. The number of rotatable bonds is 4. The fourth-order valence-corrected chi connectivity index (χ4v) is 2.57. The molecule has 1 aromatic heterocycles. The highest BCUT2D eigenvalue weighted by Gasteiger charge is 2.19. The van der Waals surface area contributed by atoms with Gasteiger partial charge in [0.2, 0.25) is 0 Å². The summed E-state index contributed by atoms with van der Waals surface area (Å²) in [6.07, 6.45) is 9.82. The van der Waals surface area contributed by atoms with Crippen LogP contribution in [0.4, 0.5) is 5.82 Å². The van der Waals surface area contributed by atoms with Crippen LogP contribution in [0, 0.1) is 23.2 Å². The lowest BCUT2D eigenvalue weighted by molar-refractivity contribution is 0.278. The van der Waals surface area contributed by atoms with Crippen molar-refractivity contribution in [2.75, 3.05) is 11.9 Å². The molecule has 0 unspecified atom stereocenters. The topological polar surface area (TPSA) is 61.6 Å². The summed E-state index contributed by atoms with van der Waals surface area (Å²) in [6, 6.07) is 1.97. The van der Waals surface area contributed by atoms with E-state index in [-0.39, 0.29) is 0 Å². The van der Waals surface area contributed by atoms with Crippen LogP contribution in [0.5, 0.6) is 0 Å². The molecule has 0 radical (unpaired) electrons. The zero-order valence-corrected chi connectivity index (χ0v) is 10.9. The van der Waals surface area contributed by atoms with Crippen molar-refractivity contribution in [3.8, 4) is 6.07 Å². The molecule has 0 atom stereocenters. The Labute approximate surface area is 108 Å². The molecule has 1 fully saturated rings. The van der Waals surface area contributed by atoms with Crippen LogP contribution in [-0.4, -0.2) is 16.5 Å². The molecule has 1 aromatic rings. The average Bonchev–Trinajstić information content (AvgIpc) is 2.46. The van der Waals surface area contributed by atoms with Crippen molar-refractivity contribution in [2.24, 2.45) is 11.8 Å². The summed E-state index contributed by atoms with van der Waals surface area (Å²) < 4.78 is 0. The maximum absolute atomic E-state index is 8.64. The van der Waals surface area contributed by atoms with E-state index in [9.17, 15) is 0 Å². The van der Waals surface area contributed by atoms with Crippen LogP contribution in [0.25, 0.3) is 0 Å². The van der Waals surface area contributed by atoms with Crippen molar-refractivity contribution in [2.45, 2.75) is 39.0 Å². The SMILES string of the molecule is CCC1CCC(CNc2cnc(C#N)cn2)CC1. The second-order valence-corrected chi connectivity index (χ2v) is 5.07. The Morgan fingerprint density at radius 1 is 1.22 bits per heavy atom. The Hall–Kier alpha value is -1.63. The number of hydrogen-bond acceptors (Lipinski definition) is 4. The first kappa shape index (κ1) is 12.8. The third-order valence-corrected chi connectivity index (χ3v) is 3.88. The highest BCUT2D eigenvalue weighted by molar-refractivity contribution is 5.33. The first-order chi connectivity index (χ1) is 8.81. The maximum Gasteiger partial charge on any atom is 0.158 e. The number of aromatic nitrogens is 2. The molecule has 0 aliphatic heterocycles. The van der Waals surface area contributed by atoms with Crippen LogP contribution in [0.2, 0.25) is 0 Å². The molecule has 1 heterocycles. The minimum atomic E-state index is 0.365. The van der Waals surface area contributed by atoms with E-state index in [1.54, 1.807) is 6.20 Å². The Morgan fingerprint density at radius 2 is 1.94 bits per heavy atom. The van der Waals surface area contributed by atoms with Crippen LogP contribution in [-0.2, 0) is 0 Å². The smallest absolute Gasteiger partial charge is 0.158 e. The minimum absolute atomic E-state index is 0.365. The minimum Gasteiger partial charge on any atom is -0.369 e. The number of nitrogens with zero attached hydrogens (tertiary/aromatic N) is 3. The number of nitriles is 1. The van der Waals surface area contributed by atoms with Crippen LogP contribution in [0.3, 0.4) is 0 Å². The van der Waals surface area contributed by atoms with E-state index in [0.717, 1.165) is 24.2 Å². The van der Waals surface area contributed by atoms with E-state index in [2.05, 4.69) is 22.2 Å². The number of hydrogen-bond donors (Lipinski definition) is 1. The average molecular weight is 244 g/mol. The van der Waals surface area contributed by atoms with Crippen LogP contribution in [0.1, 0.15) is 44.7 Å². The Kier molecular flexibility index (Phi) is 4.52. The molecule has 0 spiro atoms. The van der Waals surface area contributed by atoms with Gasteiger partial charge < -0.3 is 5.32 Å². The van der Waals surface area contributed by atoms with Gasteiger partial charge in [0.1, 0.15) is 11.9 Å². The third-order valence-electron chi connectivity index (χ3n) is 3.88. The molecule has 4 heteroatoms. The van der Waals surface area contributed by atoms with Crippen molar-refractivity contribution in [1.29, 1.82) is 5.26 Å². The second kappa shape index (κ2) is 6.34. The van der Waals surface area contributed by atoms with Gasteiger partial charge in [-0.15, -0.1) is 0 Å². The summed E-state index contributed by atoms with van der Waals surface area (Å²) >= 11 is 0. The van der Waals surface area contributed by atoms with Gasteiger partial charge in [-0.1, -0.05) is 26.2 Å². The summed E-state index contributed by atoms with van der Waals surface area (Å²) in [5, 5.41) is 12.0. The van der Waals surface area contributed by atoms with Gasteiger partial charge in [-0.25, -0.2) is 9.97 Å². The first-order valence-corrected chi connectivity index (χ1v) is 6.77. The van der Waals surface area contributed by atoms with Gasteiger partial charge in [-0.2, -0.15) is 5.26 Å². The molecule has 0 amide bonds. The van der Waals surface area contributed by atoms with Crippen molar-refractivity contribution >= 4 is 5.82 Å². The summed E-state index contributed by atoms with van der Waals surface area (Å²) in [4.78, 5) is 8.17. The van der Waals surface area contributed by atoms with Crippen molar-refractivity contribution in [3.63, 3.8) is 0 Å². The fourth-order valence-electron chi connectivity index (χ4n) is 2.57. The van der Waals surface area contributed by atoms with Crippen molar-refractivity contribution < 1.29 is 0 Å². The third kappa shape index (κ3) is 3.43. The molecule has 18 heavy (non-hydrogen) atoms. The van der Waals surface area contributed by atoms with Gasteiger partial charge in [0.25, 0.3) is 0 Å². The molecule has 1 saturated carbocycles. The van der Waals surface area contributed by atoms with Gasteiger partial charge in [0.05, 0.1) is 12.4 Å². The van der Waals surface area contributed by atoms with Crippen LogP contribution in [0.15, 0.2) is 12.4 Å². The summed E-state index contributed by atoms with van der Waals surface area (Å²) in [7, 11) is 0. The monoisotopic (exact) mass is 244 g/mol. The first-order valence-electron chi connectivity index (χ1n) is 6.77. The van der Waals surface area contributed by atoms with E-state index in [1.165, 1.54) is 38.3 Å². The van der Waals surface area contributed by atoms with E-state index < -0.39 is 0 Å². The Bertz CT molecular complexity index is 399. The molecule has 96 valence electrons. The van der Waals surface area contributed by atoms with E-state index in [4.69, 9.17) is 5.26 Å². The van der Waals surface area contributed by atoms with E-state index in [1.807, 2.05) is 6.07 Å². The van der Waals surface area contributed by atoms with Crippen LogP contribution >= 0.6 is 0 Å². The van der Waals surface area contributed by atoms with Crippen molar-refractivity contribution in [1.82, 2.24) is 9.97 Å². The number of anilines is 1. The lowest BCUT2D eigenvalue weighted by Crippen LogP contribution is -2.21. The molecule has 1 aliphatic carbocycles. The van der Waals surface area contributed by atoms with Crippen molar-refractivity contribution in [3.05, 3.63) is 18.1 Å². The standard InChI is InChI=1S/C14H20N4/c1-2-11-3-5-12(6-4-11)8-17-14-10-16-13(7-15)9-18-14/h9-12H,2-6,8H2,1H3,(H,17,18). The molecule has 4 nitrogen and oxygen atoms in total. The molecule has 1 N–H and O–H groups in total. The molecule has 0 bridgehead atoms. The normalized spacial score (nSPS) is 23.3. The summed E-state index contributed by atoms with van der Waals surface area (Å²) in [5.74, 6) is 2.47. The lowest BCUT2D eigenvalue weighted by Gasteiger charge is -2.27. The lowest BCUT2D eigenvalue weighted by atomic mass is 9.81. The maximum atomic E-state index is 8.64. The summed E-state index contributed by atoms with van der Waals surface area (Å²) in [6.45, 7) is 3.26. The number of nitrogens with one attached hydrogen (secondary N) is 1. The predicted molar refractivity (Wildman–Crippen MR) is 71.0 cm³/mol. The zero-order chi connectivity index (χ0) is 12.8. The highest BCUT2D eigenvalue weighted by Crippen LogP contribution is 2.30. The van der Waals surface area contributed by atoms with Gasteiger partial charge in [-0.3, -0.25) is 0 Å². The Morgan fingerprint density at radius 3 is 2.50 bits per heavy atom. The predicted octanol–water partition coefficient (Wildman–Crippen LogP) is 2.98. The summed E-state index contributed by atoms with van der Waals surface area (Å²) in [5.41, 5.74) is 0.365. The molecular weight excluding hydrogens is 224 g/mol. The highest BCUT2D eigenvalue weighted by atomic mass is 15.0. The van der Waals surface area contributed by atoms with Gasteiger partial charge in [0, 0.05) is 6.54 Å². The molecular formula is C14H20N4. The molecule has 0 aromatic carbocycles. The Balaban J connectivity index is 1.76. The van der Waals surface area contributed by atoms with Gasteiger partial charge in [0.15, 0.2) is 5.69 Å². The molecule has 0 saturated heterocycles. The van der Waals surface area contributed by atoms with E-state index in [0.29, 0.717) is 5.69 Å². The molecule has 1 aliphatic rings. The zero-order valence-electron chi connectivity index (χ0n) is 10.9. The van der Waals surface area contributed by atoms with Gasteiger partial charge in [-0.05, 0) is 24.7 Å². The fraction of sp³-hybridized carbons (Fsp3) is 0.643.